The first-order valence-corrected chi connectivity index (χ1v) is 4.92. The van der Waals surface area contributed by atoms with Crippen molar-refractivity contribution in [2.24, 2.45) is 0 Å². The fraction of sp³-hybridized carbons (Fsp3) is 0.273. The molecule has 0 atom stereocenters. The summed E-state index contributed by atoms with van der Waals surface area (Å²) in [7, 11) is 0. The average molecular weight is 178 g/mol. The monoisotopic (exact) mass is 178 g/mol. The third kappa shape index (κ3) is 1.67. The van der Waals surface area contributed by atoms with E-state index in [1.165, 1.54) is 10.4 Å². The Hall–Kier alpha value is -0.820. The van der Waals surface area contributed by atoms with Gasteiger partial charge >= 0.3 is 0 Å². The summed E-state index contributed by atoms with van der Waals surface area (Å²) < 4.78 is 1.09. The van der Waals surface area contributed by atoms with Crippen molar-refractivity contribution in [3.05, 3.63) is 26.3 Å². The van der Waals surface area contributed by atoms with Crippen LogP contribution in [0, 0.1) is 6.92 Å². The first-order chi connectivity index (χ1) is 5.66. The Balaban J connectivity index is 3.19. The smallest absolute Gasteiger partial charge is 0.0308 e. The van der Waals surface area contributed by atoms with Gasteiger partial charge in [0.25, 0.3) is 0 Å². The fourth-order valence-corrected chi connectivity index (χ4v) is 1.99. The van der Waals surface area contributed by atoms with Gasteiger partial charge in [-0.3, -0.25) is 0 Å². The summed E-state index contributed by atoms with van der Waals surface area (Å²) in [4.78, 5) is 1.30. The molecule has 0 aliphatic heterocycles. The second kappa shape index (κ2) is 3.72. The molecule has 0 aromatic carbocycles. The van der Waals surface area contributed by atoms with Crippen molar-refractivity contribution in [3.8, 4) is 0 Å². The van der Waals surface area contributed by atoms with E-state index >= 15 is 0 Å². The third-order valence-corrected chi connectivity index (χ3v) is 3.05. The fourth-order valence-electron chi connectivity index (χ4n) is 1.01. The molecule has 0 spiro atoms. The molecular weight excluding hydrogens is 164 g/mol. The molecule has 0 saturated heterocycles. The summed E-state index contributed by atoms with van der Waals surface area (Å²) in [5, 5.41) is 1.09. The Morgan fingerprint density at radius 1 is 1.42 bits per heavy atom. The highest BCUT2D eigenvalue weighted by Crippen LogP contribution is 2.09. The van der Waals surface area contributed by atoms with E-state index in [4.69, 9.17) is 0 Å². The highest BCUT2D eigenvalue weighted by atomic mass is 32.1. The first kappa shape index (κ1) is 9.27. The van der Waals surface area contributed by atoms with Crippen LogP contribution in [-0.2, 0) is 0 Å². The van der Waals surface area contributed by atoms with E-state index < -0.39 is 0 Å². The number of hydrogen-bond donors (Lipinski definition) is 0. The van der Waals surface area contributed by atoms with Gasteiger partial charge in [0.1, 0.15) is 0 Å². The van der Waals surface area contributed by atoms with Gasteiger partial charge in [-0.1, -0.05) is 26.2 Å². The van der Waals surface area contributed by atoms with Crippen molar-refractivity contribution >= 4 is 30.6 Å². The molecule has 0 N–H and O–H groups in total. The summed E-state index contributed by atoms with van der Waals surface area (Å²) >= 11 is 1.72. The highest BCUT2D eigenvalue weighted by Gasteiger charge is 1.97. The van der Waals surface area contributed by atoms with Crippen LogP contribution in [0.3, 0.4) is 0 Å². The van der Waals surface area contributed by atoms with Crippen LogP contribution in [0.2, 0.25) is 0 Å². The van der Waals surface area contributed by atoms with Gasteiger partial charge in [0.05, 0.1) is 0 Å². The van der Waals surface area contributed by atoms with E-state index in [0.717, 1.165) is 16.2 Å². The maximum Gasteiger partial charge on any atom is 0.0308 e. The van der Waals surface area contributed by atoms with Gasteiger partial charge in [0, 0.05) is 9.41 Å². The zero-order valence-electron chi connectivity index (χ0n) is 7.68. The molecule has 0 saturated carbocycles. The van der Waals surface area contributed by atoms with Crippen LogP contribution >= 0.6 is 11.3 Å². The van der Waals surface area contributed by atoms with E-state index in [0.29, 0.717) is 0 Å². The number of allylic oxidation sites excluding steroid dienone is 1. The molecule has 0 unspecified atom stereocenters. The summed E-state index contributed by atoms with van der Waals surface area (Å²) in [5.74, 6) is 0. The van der Waals surface area contributed by atoms with Crippen molar-refractivity contribution in [1.29, 1.82) is 0 Å². The topological polar surface area (TPSA) is 0 Å². The van der Waals surface area contributed by atoms with Gasteiger partial charge in [0.15, 0.2) is 0 Å². The van der Waals surface area contributed by atoms with Gasteiger partial charge in [-0.2, -0.15) is 0 Å². The largest absolute Gasteiger partial charge is 0.136 e. The van der Waals surface area contributed by atoms with Crippen LogP contribution in [0.1, 0.15) is 23.8 Å². The molecule has 1 aromatic rings. The van der Waals surface area contributed by atoms with Gasteiger partial charge in [-0.25, -0.2) is 0 Å². The summed E-state index contributed by atoms with van der Waals surface area (Å²) in [5.41, 5.74) is 1.27. The average Bonchev–Trinajstić information content (AvgIpc) is 2.30. The highest BCUT2D eigenvalue weighted by molar-refractivity contribution is 7.10. The van der Waals surface area contributed by atoms with Crippen LogP contribution in [0.4, 0.5) is 0 Å². The molecule has 1 aromatic heterocycles. The van der Waals surface area contributed by atoms with Gasteiger partial charge in [-0.15, -0.1) is 11.3 Å². The Bertz CT molecular complexity index is 382. The minimum absolute atomic E-state index is 1.08. The maximum absolute atomic E-state index is 3.96. The van der Waals surface area contributed by atoms with Crippen LogP contribution < -0.4 is 9.75 Å². The number of rotatable bonds is 2. The van der Waals surface area contributed by atoms with Gasteiger partial charge in [-0.05, 0) is 30.2 Å². The maximum atomic E-state index is 3.96. The second-order valence-corrected chi connectivity index (χ2v) is 3.94. The molecule has 1 heteroatoms. The van der Waals surface area contributed by atoms with Crippen molar-refractivity contribution in [2.75, 3.05) is 0 Å². The van der Waals surface area contributed by atoms with Crippen LogP contribution in [0.15, 0.2) is 6.08 Å². The SMILES string of the molecule is C=c1sc(/C=C\CC)c(C)c1=C. The van der Waals surface area contributed by atoms with E-state index in [-0.39, 0.29) is 0 Å². The predicted molar refractivity (Wildman–Crippen MR) is 58.7 cm³/mol. The van der Waals surface area contributed by atoms with E-state index in [9.17, 15) is 0 Å². The predicted octanol–water partition coefficient (Wildman–Crippen LogP) is 2.30. The molecule has 12 heavy (non-hydrogen) atoms. The van der Waals surface area contributed by atoms with Gasteiger partial charge in [0.2, 0.25) is 0 Å². The van der Waals surface area contributed by atoms with Crippen LogP contribution in [0.5, 0.6) is 0 Å². The van der Waals surface area contributed by atoms with Crippen molar-refractivity contribution in [2.45, 2.75) is 20.3 Å². The summed E-state index contributed by atoms with van der Waals surface area (Å²) in [6.45, 7) is 12.1. The lowest BCUT2D eigenvalue weighted by atomic mass is 10.2. The molecule has 0 aliphatic carbocycles. The molecule has 0 aliphatic rings. The lowest BCUT2D eigenvalue weighted by Crippen LogP contribution is -2.15. The van der Waals surface area contributed by atoms with Crippen molar-refractivity contribution in [3.63, 3.8) is 0 Å². The minimum Gasteiger partial charge on any atom is -0.136 e. The molecule has 0 nitrogen and oxygen atoms in total. The Morgan fingerprint density at radius 2 is 2.08 bits per heavy atom. The molecule has 1 heterocycles. The van der Waals surface area contributed by atoms with Crippen molar-refractivity contribution in [1.82, 2.24) is 0 Å². The lowest BCUT2D eigenvalue weighted by Gasteiger charge is -1.87. The quantitative estimate of drug-likeness (QED) is 0.652. The standard InChI is InChI=1S/C11H14S/c1-5-6-7-11-9(3)8(2)10(4)12-11/h6-7H,2,4-5H2,1,3H3/b7-6-. The molecule has 64 valence electrons. The van der Waals surface area contributed by atoms with E-state index in [1.807, 2.05) is 0 Å². The normalized spacial score (nSPS) is 11.2. The third-order valence-electron chi connectivity index (χ3n) is 1.90. The minimum atomic E-state index is 1.08. The van der Waals surface area contributed by atoms with E-state index in [1.54, 1.807) is 11.3 Å². The first-order valence-electron chi connectivity index (χ1n) is 4.10. The zero-order chi connectivity index (χ0) is 9.14. The van der Waals surface area contributed by atoms with Crippen LogP contribution in [0.25, 0.3) is 19.2 Å². The molecule has 1 rings (SSSR count). The Morgan fingerprint density at radius 3 is 2.50 bits per heavy atom. The Labute approximate surface area is 77.6 Å². The summed E-state index contributed by atoms with van der Waals surface area (Å²) in [6.07, 6.45) is 5.40. The number of thiophene rings is 1. The zero-order valence-corrected chi connectivity index (χ0v) is 8.50. The lowest BCUT2D eigenvalue weighted by molar-refractivity contribution is 1.23. The van der Waals surface area contributed by atoms with Crippen LogP contribution in [-0.4, -0.2) is 0 Å². The summed E-state index contributed by atoms with van der Waals surface area (Å²) in [6, 6.07) is 0. The molecule has 0 amide bonds. The molecule has 0 bridgehead atoms. The van der Waals surface area contributed by atoms with Crippen molar-refractivity contribution < 1.29 is 0 Å². The number of hydrogen-bond acceptors (Lipinski definition) is 1. The van der Waals surface area contributed by atoms with Gasteiger partial charge < -0.3 is 0 Å². The second-order valence-electron chi connectivity index (χ2n) is 2.80. The Kier molecular flexibility index (Phi) is 2.88. The molecular formula is C11H14S. The molecule has 0 radical (unpaired) electrons. The van der Waals surface area contributed by atoms with E-state index in [2.05, 4.69) is 39.2 Å². The molecule has 0 fully saturated rings.